The van der Waals surface area contributed by atoms with Gasteiger partial charge in [0.05, 0.1) is 6.54 Å². The molecule has 2 N–H and O–H groups in total. The average Bonchev–Trinajstić information content (AvgIpc) is 2.00. The van der Waals surface area contributed by atoms with Crippen molar-refractivity contribution < 1.29 is 4.79 Å². The van der Waals surface area contributed by atoms with Crippen LogP contribution in [-0.4, -0.2) is 55.5 Å². The van der Waals surface area contributed by atoms with Crippen molar-refractivity contribution >= 4 is 5.91 Å². The van der Waals surface area contributed by atoms with Crippen molar-refractivity contribution in [2.45, 2.75) is 19.4 Å². The van der Waals surface area contributed by atoms with Crippen LogP contribution in [0.3, 0.4) is 0 Å². The number of piperidine rings is 1. The molecule has 1 rings (SSSR count). The van der Waals surface area contributed by atoms with Gasteiger partial charge in [0.1, 0.15) is 0 Å². The third-order valence-corrected chi connectivity index (χ3v) is 2.50. The van der Waals surface area contributed by atoms with E-state index in [4.69, 9.17) is 5.73 Å². The molecule has 0 aliphatic carbocycles. The van der Waals surface area contributed by atoms with Crippen LogP contribution >= 0.6 is 0 Å². The van der Waals surface area contributed by atoms with E-state index in [0.29, 0.717) is 12.5 Å². The molecule has 0 aromatic heterocycles. The Balaban J connectivity index is 2.46. The number of hydrogen-bond acceptors (Lipinski definition) is 3. The summed E-state index contributed by atoms with van der Waals surface area (Å²) < 4.78 is 0. The van der Waals surface area contributed by atoms with Crippen molar-refractivity contribution in [2.75, 3.05) is 33.7 Å². The Bertz CT molecular complexity index is 196. The van der Waals surface area contributed by atoms with E-state index in [1.807, 2.05) is 23.9 Å². The highest BCUT2D eigenvalue weighted by Crippen LogP contribution is 2.14. The highest BCUT2D eigenvalue weighted by molar-refractivity contribution is 5.78. The standard InChI is InChI=1S/C10H21N3O/c1-8-4-9(11)6-13(5-8)10(14)7-12(2)3/h8-9H,4-7,11H2,1-3H3. The van der Waals surface area contributed by atoms with Gasteiger partial charge < -0.3 is 15.5 Å². The lowest BCUT2D eigenvalue weighted by Crippen LogP contribution is -2.50. The topological polar surface area (TPSA) is 49.6 Å². The van der Waals surface area contributed by atoms with Gasteiger partial charge in [-0.05, 0) is 26.4 Å². The number of likely N-dealkylation sites (tertiary alicyclic amines) is 1. The van der Waals surface area contributed by atoms with E-state index >= 15 is 0 Å². The quantitative estimate of drug-likeness (QED) is 0.667. The van der Waals surface area contributed by atoms with Crippen LogP contribution in [0.15, 0.2) is 0 Å². The molecule has 2 unspecified atom stereocenters. The molecule has 1 fully saturated rings. The van der Waals surface area contributed by atoms with E-state index in [9.17, 15) is 4.79 Å². The third-order valence-electron chi connectivity index (χ3n) is 2.50. The van der Waals surface area contributed by atoms with Crippen LogP contribution in [0, 0.1) is 5.92 Å². The molecule has 0 radical (unpaired) electrons. The average molecular weight is 199 g/mol. The predicted octanol–water partition coefficient (Wildman–Crippen LogP) is -0.256. The lowest BCUT2D eigenvalue weighted by Gasteiger charge is -2.35. The molecule has 4 heteroatoms. The van der Waals surface area contributed by atoms with Crippen molar-refractivity contribution in [3.05, 3.63) is 0 Å². The van der Waals surface area contributed by atoms with Gasteiger partial charge in [0.25, 0.3) is 0 Å². The van der Waals surface area contributed by atoms with E-state index in [2.05, 4.69) is 6.92 Å². The van der Waals surface area contributed by atoms with Crippen molar-refractivity contribution in [3.8, 4) is 0 Å². The summed E-state index contributed by atoms with van der Waals surface area (Å²) in [6, 6.07) is 0.157. The van der Waals surface area contributed by atoms with E-state index in [1.54, 1.807) is 0 Å². The maximum Gasteiger partial charge on any atom is 0.236 e. The first-order valence-corrected chi connectivity index (χ1v) is 5.17. The van der Waals surface area contributed by atoms with E-state index in [1.165, 1.54) is 0 Å². The zero-order valence-electron chi connectivity index (χ0n) is 9.36. The fourth-order valence-corrected chi connectivity index (χ4v) is 1.97. The highest BCUT2D eigenvalue weighted by Gasteiger charge is 2.25. The second-order valence-electron chi connectivity index (χ2n) is 4.64. The molecule has 1 heterocycles. The predicted molar refractivity (Wildman–Crippen MR) is 56.9 cm³/mol. The number of amides is 1. The molecule has 2 atom stereocenters. The Morgan fingerprint density at radius 1 is 1.50 bits per heavy atom. The zero-order valence-corrected chi connectivity index (χ0v) is 9.36. The van der Waals surface area contributed by atoms with Gasteiger partial charge in [-0.3, -0.25) is 4.79 Å². The number of carbonyl (C=O) groups is 1. The lowest BCUT2D eigenvalue weighted by atomic mass is 9.96. The fraction of sp³-hybridized carbons (Fsp3) is 0.900. The molecule has 0 aromatic rings. The van der Waals surface area contributed by atoms with Crippen LogP contribution in [0.1, 0.15) is 13.3 Å². The number of nitrogens with two attached hydrogens (primary N) is 1. The second kappa shape index (κ2) is 4.75. The van der Waals surface area contributed by atoms with Crippen molar-refractivity contribution in [2.24, 2.45) is 11.7 Å². The Kier molecular flexibility index (Phi) is 3.89. The summed E-state index contributed by atoms with van der Waals surface area (Å²) in [5.74, 6) is 0.724. The number of hydrogen-bond donors (Lipinski definition) is 1. The van der Waals surface area contributed by atoms with Gasteiger partial charge in [-0.1, -0.05) is 6.92 Å². The molecule has 14 heavy (non-hydrogen) atoms. The molecule has 0 aromatic carbocycles. The summed E-state index contributed by atoms with van der Waals surface area (Å²) in [7, 11) is 3.82. The molecule has 1 saturated heterocycles. The van der Waals surface area contributed by atoms with E-state index in [-0.39, 0.29) is 11.9 Å². The van der Waals surface area contributed by atoms with Gasteiger partial charge >= 0.3 is 0 Å². The van der Waals surface area contributed by atoms with Gasteiger partial charge in [0.15, 0.2) is 0 Å². The van der Waals surface area contributed by atoms with Crippen LogP contribution in [0.4, 0.5) is 0 Å². The lowest BCUT2D eigenvalue weighted by molar-refractivity contribution is -0.133. The Morgan fingerprint density at radius 2 is 2.14 bits per heavy atom. The largest absolute Gasteiger partial charge is 0.340 e. The monoisotopic (exact) mass is 199 g/mol. The van der Waals surface area contributed by atoms with Crippen molar-refractivity contribution in [1.82, 2.24) is 9.80 Å². The summed E-state index contributed by atoms with van der Waals surface area (Å²) >= 11 is 0. The van der Waals surface area contributed by atoms with Crippen molar-refractivity contribution in [3.63, 3.8) is 0 Å². The van der Waals surface area contributed by atoms with Gasteiger partial charge in [0.2, 0.25) is 5.91 Å². The molecule has 1 aliphatic heterocycles. The third kappa shape index (κ3) is 3.27. The normalized spacial score (nSPS) is 28.2. The molecule has 1 amide bonds. The Hall–Kier alpha value is -0.610. The van der Waals surface area contributed by atoms with Crippen LogP contribution < -0.4 is 5.73 Å². The van der Waals surface area contributed by atoms with Gasteiger partial charge in [0, 0.05) is 19.1 Å². The maximum absolute atomic E-state index is 11.7. The summed E-state index contributed by atoms with van der Waals surface area (Å²) in [4.78, 5) is 15.5. The molecule has 82 valence electrons. The number of nitrogens with zero attached hydrogens (tertiary/aromatic N) is 2. The van der Waals surface area contributed by atoms with Crippen LogP contribution in [0.5, 0.6) is 0 Å². The van der Waals surface area contributed by atoms with Crippen LogP contribution in [0.2, 0.25) is 0 Å². The molecule has 4 nitrogen and oxygen atoms in total. The number of likely N-dealkylation sites (N-methyl/N-ethyl adjacent to an activating group) is 1. The van der Waals surface area contributed by atoms with Gasteiger partial charge in [-0.15, -0.1) is 0 Å². The summed E-state index contributed by atoms with van der Waals surface area (Å²) in [6.45, 7) is 4.21. The highest BCUT2D eigenvalue weighted by atomic mass is 16.2. The van der Waals surface area contributed by atoms with Gasteiger partial charge in [-0.2, -0.15) is 0 Å². The Labute approximate surface area is 86.0 Å². The minimum absolute atomic E-state index is 0.157. The number of carbonyl (C=O) groups excluding carboxylic acids is 1. The van der Waals surface area contributed by atoms with Crippen molar-refractivity contribution in [1.29, 1.82) is 0 Å². The minimum Gasteiger partial charge on any atom is -0.340 e. The molecule has 0 bridgehead atoms. The first kappa shape index (κ1) is 11.5. The minimum atomic E-state index is 0.157. The van der Waals surface area contributed by atoms with Gasteiger partial charge in [-0.25, -0.2) is 0 Å². The summed E-state index contributed by atoms with van der Waals surface area (Å²) in [6.07, 6.45) is 1.03. The second-order valence-corrected chi connectivity index (χ2v) is 4.64. The van der Waals surface area contributed by atoms with E-state index in [0.717, 1.165) is 19.5 Å². The molecular weight excluding hydrogens is 178 g/mol. The zero-order chi connectivity index (χ0) is 10.7. The van der Waals surface area contributed by atoms with Crippen LogP contribution in [0.25, 0.3) is 0 Å². The maximum atomic E-state index is 11.7. The first-order valence-electron chi connectivity index (χ1n) is 5.17. The van der Waals surface area contributed by atoms with Crippen LogP contribution in [-0.2, 0) is 4.79 Å². The molecule has 0 spiro atoms. The summed E-state index contributed by atoms with van der Waals surface area (Å²) in [5, 5.41) is 0. The van der Waals surface area contributed by atoms with E-state index < -0.39 is 0 Å². The fourth-order valence-electron chi connectivity index (χ4n) is 1.97. The molecule has 1 aliphatic rings. The smallest absolute Gasteiger partial charge is 0.236 e. The Morgan fingerprint density at radius 3 is 2.64 bits per heavy atom. The first-order chi connectivity index (χ1) is 6.49. The molecular formula is C10H21N3O. The number of rotatable bonds is 2. The molecule has 0 saturated carbocycles. The summed E-state index contributed by atoms with van der Waals surface area (Å²) in [5.41, 5.74) is 5.88. The SMILES string of the molecule is CC1CC(N)CN(C(=O)CN(C)C)C1.